The molecule has 10 nitrogen and oxygen atoms in total. The van der Waals surface area contributed by atoms with Gasteiger partial charge in [-0.2, -0.15) is 0 Å². The van der Waals surface area contributed by atoms with Gasteiger partial charge in [-0.3, -0.25) is 14.5 Å². The lowest BCUT2D eigenvalue weighted by atomic mass is 9.99. The molecule has 1 atom stereocenters. The molecular formula is C27H33N3O7. The molecule has 3 aliphatic rings. The van der Waals surface area contributed by atoms with Gasteiger partial charge in [-0.05, 0) is 32.9 Å². The van der Waals surface area contributed by atoms with E-state index in [2.05, 4.69) is 0 Å². The number of morpholine rings is 2. The molecule has 2 amide bonds. The normalized spacial score (nSPS) is 20.5. The molecule has 198 valence electrons. The number of hydrogen-bond donors (Lipinski definition) is 0. The number of ether oxygens (including phenoxy) is 3. The third kappa shape index (κ3) is 5.35. The quantitative estimate of drug-likeness (QED) is 0.580. The van der Waals surface area contributed by atoms with Crippen LogP contribution >= 0.6 is 0 Å². The summed E-state index contributed by atoms with van der Waals surface area (Å²) in [7, 11) is 0. The fraction of sp³-hybridized carbons (Fsp3) is 0.519. The maximum absolute atomic E-state index is 13.4. The third-order valence-corrected chi connectivity index (χ3v) is 6.62. The van der Waals surface area contributed by atoms with Crippen molar-refractivity contribution in [1.82, 2.24) is 9.80 Å². The van der Waals surface area contributed by atoms with Crippen LogP contribution in [0.3, 0.4) is 0 Å². The molecule has 1 aromatic carbocycles. The predicted molar refractivity (Wildman–Crippen MR) is 137 cm³/mol. The zero-order chi connectivity index (χ0) is 26.2. The van der Waals surface area contributed by atoms with E-state index in [-0.39, 0.29) is 11.3 Å². The van der Waals surface area contributed by atoms with E-state index >= 15 is 0 Å². The van der Waals surface area contributed by atoms with Crippen LogP contribution in [0.2, 0.25) is 0 Å². The second-order valence-electron chi connectivity index (χ2n) is 10.4. The number of nitrogens with zero attached hydrogens (tertiary/aromatic N) is 3. The number of hydrogen-bond acceptors (Lipinski definition) is 8. The van der Waals surface area contributed by atoms with Crippen molar-refractivity contribution < 1.29 is 28.2 Å². The molecule has 0 saturated carbocycles. The number of rotatable bonds is 3. The Morgan fingerprint density at radius 3 is 2.32 bits per heavy atom. The molecule has 10 heteroatoms. The Morgan fingerprint density at radius 2 is 1.65 bits per heavy atom. The SMILES string of the molecule is CC(C)(C)OC(=O)N1CC=C[C@H]1c1cc(C(=O)N2CCOCC2)cc2c(=O)cc(N3CCOCC3)oc12. The van der Waals surface area contributed by atoms with E-state index in [9.17, 15) is 14.4 Å². The standard InChI is InChI=1S/C27H33N3O7/c1-27(2,3)37-26(33)30-6-4-5-21(30)19-15-18(25(32)29-9-13-35-14-10-29)16-20-22(31)17-23(36-24(19)20)28-7-11-34-12-8-28/h4-5,15-17,21H,6-14H2,1-3H3/t21-/m0/s1. The van der Waals surface area contributed by atoms with Gasteiger partial charge in [-0.25, -0.2) is 4.79 Å². The molecule has 0 spiro atoms. The molecule has 0 unspecified atom stereocenters. The van der Waals surface area contributed by atoms with Crippen molar-refractivity contribution in [2.75, 3.05) is 64.1 Å². The van der Waals surface area contributed by atoms with Crippen LogP contribution in [0.5, 0.6) is 0 Å². The number of carbonyl (C=O) groups excluding carboxylic acids is 2. The van der Waals surface area contributed by atoms with Crippen LogP contribution in [0, 0.1) is 0 Å². The lowest BCUT2D eigenvalue weighted by Crippen LogP contribution is -2.41. The Kier molecular flexibility index (Phi) is 6.96. The molecule has 5 rings (SSSR count). The highest BCUT2D eigenvalue weighted by Gasteiger charge is 2.33. The fourth-order valence-electron chi connectivity index (χ4n) is 4.80. The van der Waals surface area contributed by atoms with Gasteiger partial charge < -0.3 is 28.4 Å². The molecule has 3 aliphatic heterocycles. The highest BCUT2D eigenvalue weighted by molar-refractivity contribution is 5.99. The van der Waals surface area contributed by atoms with E-state index in [0.717, 1.165) is 0 Å². The number of benzene rings is 1. The molecule has 37 heavy (non-hydrogen) atoms. The minimum atomic E-state index is -0.670. The van der Waals surface area contributed by atoms with E-state index in [4.69, 9.17) is 18.6 Å². The molecule has 0 aliphatic carbocycles. The van der Waals surface area contributed by atoms with Crippen LogP contribution in [-0.4, -0.2) is 86.6 Å². The van der Waals surface area contributed by atoms with Gasteiger partial charge in [0.1, 0.15) is 11.2 Å². The van der Waals surface area contributed by atoms with Crippen LogP contribution in [0.1, 0.15) is 42.7 Å². The molecule has 1 aromatic heterocycles. The Balaban J connectivity index is 1.62. The van der Waals surface area contributed by atoms with E-state index < -0.39 is 17.7 Å². The molecule has 0 N–H and O–H groups in total. The second-order valence-corrected chi connectivity index (χ2v) is 10.4. The predicted octanol–water partition coefficient (Wildman–Crippen LogP) is 2.95. The van der Waals surface area contributed by atoms with Crippen LogP contribution in [0.15, 0.2) is 39.6 Å². The first kappa shape index (κ1) is 25.3. The Morgan fingerprint density at radius 1 is 0.973 bits per heavy atom. The molecule has 2 aromatic rings. The maximum atomic E-state index is 13.4. The highest BCUT2D eigenvalue weighted by atomic mass is 16.6. The summed E-state index contributed by atoms with van der Waals surface area (Å²) in [5, 5.41) is 0.301. The smallest absolute Gasteiger partial charge is 0.411 e. The first-order chi connectivity index (χ1) is 17.7. The first-order valence-corrected chi connectivity index (χ1v) is 12.7. The molecule has 2 fully saturated rings. The van der Waals surface area contributed by atoms with Gasteiger partial charge in [0.05, 0.1) is 37.9 Å². The largest absolute Gasteiger partial charge is 0.444 e. The molecular weight excluding hydrogens is 478 g/mol. The molecule has 4 heterocycles. The van der Waals surface area contributed by atoms with Gasteiger partial charge in [0, 0.05) is 49.9 Å². The van der Waals surface area contributed by atoms with Gasteiger partial charge in [-0.15, -0.1) is 0 Å². The topological polar surface area (TPSA) is 102 Å². The summed E-state index contributed by atoms with van der Waals surface area (Å²) in [4.78, 5) is 45.2. The summed E-state index contributed by atoms with van der Waals surface area (Å²) in [5.41, 5.74) is 0.390. The minimum Gasteiger partial charge on any atom is -0.444 e. The van der Waals surface area contributed by atoms with Crippen LogP contribution in [0.25, 0.3) is 11.0 Å². The number of anilines is 1. The van der Waals surface area contributed by atoms with E-state index in [1.54, 1.807) is 21.9 Å². The minimum absolute atomic E-state index is 0.186. The van der Waals surface area contributed by atoms with Crippen LogP contribution in [0.4, 0.5) is 10.7 Å². The van der Waals surface area contributed by atoms with Crippen LogP contribution in [-0.2, 0) is 14.2 Å². The monoisotopic (exact) mass is 511 g/mol. The lowest BCUT2D eigenvalue weighted by Gasteiger charge is -2.30. The van der Waals surface area contributed by atoms with Crippen molar-refractivity contribution in [3.05, 3.63) is 51.7 Å². The zero-order valence-corrected chi connectivity index (χ0v) is 21.5. The molecule has 0 radical (unpaired) electrons. The third-order valence-electron chi connectivity index (χ3n) is 6.62. The van der Waals surface area contributed by atoms with Crippen molar-refractivity contribution in [3.63, 3.8) is 0 Å². The summed E-state index contributed by atoms with van der Waals surface area (Å²) in [6, 6.07) is 4.25. The van der Waals surface area contributed by atoms with E-state index in [1.165, 1.54) is 6.07 Å². The van der Waals surface area contributed by atoms with Crippen molar-refractivity contribution in [2.45, 2.75) is 32.4 Å². The summed E-state index contributed by atoms with van der Waals surface area (Å²) < 4.78 is 22.8. The lowest BCUT2D eigenvalue weighted by molar-refractivity contribution is 0.0241. The van der Waals surface area contributed by atoms with E-state index in [1.807, 2.05) is 37.8 Å². The summed E-state index contributed by atoms with van der Waals surface area (Å²) in [6.07, 6.45) is 3.27. The summed E-state index contributed by atoms with van der Waals surface area (Å²) in [5.74, 6) is 0.258. The van der Waals surface area contributed by atoms with Gasteiger partial charge in [0.25, 0.3) is 5.91 Å². The second kappa shape index (κ2) is 10.2. The first-order valence-electron chi connectivity index (χ1n) is 12.7. The Bertz CT molecular complexity index is 1270. The van der Waals surface area contributed by atoms with Crippen molar-refractivity contribution in [3.8, 4) is 0 Å². The van der Waals surface area contributed by atoms with Gasteiger partial charge in [0.15, 0.2) is 11.3 Å². The summed E-state index contributed by atoms with van der Waals surface area (Å²) >= 11 is 0. The number of fused-ring (bicyclic) bond motifs is 1. The average Bonchev–Trinajstić information content (AvgIpc) is 3.38. The molecule has 0 bridgehead atoms. The number of amides is 2. The van der Waals surface area contributed by atoms with Gasteiger partial charge >= 0.3 is 6.09 Å². The van der Waals surface area contributed by atoms with Crippen molar-refractivity contribution >= 4 is 28.9 Å². The van der Waals surface area contributed by atoms with Crippen LogP contribution < -0.4 is 10.3 Å². The Hall–Kier alpha value is -3.37. The highest BCUT2D eigenvalue weighted by Crippen LogP contribution is 2.35. The van der Waals surface area contributed by atoms with Gasteiger partial charge in [-0.1, -0.05) is 12.2 Å². The zero-order valence-electron chi connectivity index (χ0n) is 21.5. The molecule has 2 saturated heterocycles. The maximum Gasteiger partial charge on any atom is 0.411 e. The van der Waals surface area contributed by atoms with Gasteiger partial charge in [0.2, 0.25) is 0 Å². The van der Waals surface area contributed by atoms with Crippen molar-refractivity contribution in [1.29, 1.82) is 0 Å². The average molecular weight is 512 g/mol. The summed E-state index contributed by atoms with van der Waals surface area (Å²) in [6.45, 7) is 9.96. The van der Waals surface area contributed by atoms with E-state index in [0.29, 0.717) is 87.1 Å². The fourth-order valence-corrected chi connectivity index (χ4v) is 4.80. The number of carbonyl (C=O) groups is 2. The Labute approximate surface area is 215 Å². The van der Waals surface area contributed by atoms with Crippen molar-refractivity contribution in [2.24, 2.45) is 0 Å².